The van der Waals surface area contributed by atoms with Crippen LogP contribution in [0.5, 0.6) is 0 Å². The van der Waals surface area contributed by atoms with Crippen LogP contribution in [0.25, 0.3) is 0 Å². The standard InChI is InChI=1S/C17H20FN3O3/c1-11(2)6-15(17(23)24)21-16(22)13(8-19)10-20-9-12-4-3-5-14(18)7-12/h3-5,7,10-11,15,20H,6,9H2,1-2H3,(H,21,22)(H,23,24)/b13-10-. The van der Waals surface area contributed by atoms with Crippen LogP contribution in [0, 0.1) is 23.1 Å². The van der Waals surface area contributed by atoms with Gasteiger partial charge in [-0.3, -0.25) is 4.79 Å². The Kier molecular flexibility index (Phi) is 7.43. The molecular formula is C17H20FN3O3. The fourth-order valence-corrected chi connectivity index (χ4v) is 2.00. The number of carboxylic acid groups (broad SMARTS) is 1. The van der Waals surface area contributed by atoms with Gasteiger partial charge in [0.2, 0.25) is 0 Å². The number of halogens is 1. The van der Waals surface area contributed by atoms with E-state index in [2.05, 4.69) is 10.6 Å². The summed E-state index contributed by atoms with van der Waals surface area (Å²) < 4.78 is 13.1. The molecule has 24 heavy (non-hydrogen) atoms. The molecule has 0 fully saturated rings. The molecule has 0 radical (unpaired) electrons. The van der Waals surface area contributed by atoms with E-state index in [1.54, 1.807) is 18.2 Å². The van der Waals surface area contributed by atoms with E-state index in [4.69, 9.17) is 10.4 Å². The number of benzene rings is 1. The molecule has 1 amide bonds. The Bertz CT molecular complexity index is 665. The maximum absolute atomic E-state index is 13.1. The summed E-state index contributed by atoms with van der Waals surface area (Å²) in [5.41, 5.74) is 0.397. The van der Waals surface area contributed by atoms with Gasteiger partial charge in [0, 0.05) is 12.7 Å². The van der Waals surface area contributed by atoms with Crippen LogP contribution < -0.4 is 10.6 Å². The summed E-state index contributed by atoms with van der Waals surface area (Å²) in [5, 5.41) is 23.2. The molecule has 1 atom stereocenters. The molecule has 0 heterocycles. The molecule has 1 unspecified atom stereocenters. The van der Waals surface area contributed by atoms with Crippen molar-refractivity contribution >= 4 is 11.9 Å². The molecule has 128 valence electrons. The Hall–Kier alpha value is -2.88. The van der Waals surface area contributed by atoms with Gasteiger partial charge in [-0.1, -0.05) is 26.0 Å². The Morgan fingerprint density at radius 3 is 2.67 bits per heavy atom. The van der Waals surface area contributed by atoms with Crippen molar-refractivity contribution in [2.75, 3.05) is 0 Å². The van der Waals surface area contributed by atoms with Gasteiger partial charge in [-0.25, -0.2) is 9.18 Å². The number of carbonyl (C=O) groups excluding carboxylic acids is 1. The molecule has 0 aliphatic rings. The average molecular weight is 333 g/mol. The van der Waals surface area contributed by atoms with E-state index in [1.165, 1.54) is 18.3 Å². The zero-order valence-electron chi connectivity index (χ0n) is 13.5. The third kappa shape index (κ3) is 6.48. The fraction of sp³-hybridized carbons (Fsp3) is 0.353. The van der Waals surface area contributed by atoms with E-state index in [9.17, 15) is 14.0 Å². The van der Waals surface area contributed by atoms with Gasteiger partial charge in [0.05, 0.1) is 0 Å². The highest BCUT2D eigenvalue weighted by Crippen LogP contribution is 2.06. The largest absolute Gasteiger partial charge is 0.480 e. The van der Waals surface area contributed by atoms with Gasteiger partial charge < -0.3 is 15.7 Å². The van der Waals surface area contributed by atoms with Crippen LogP contribution in [-0.2, 0) is 16.1 Å². The third-order valence-corrected chi connectivity index (χ3v) is 3.12. The Morgan fingerprint density at radius 1 is 1.42 bits per heavy atom. The van der Waals surface area contributed by atoms with Crippen molar-refractivity contribution in [1.29, 1.82) is 5.26 Å². The number of hydrogen-bond acceptors (Lipinski definition) is 4. The number of aliphatic carboxylic acids is 1. The van der Waals surface area contributed by atoms with Crippen LogP contribution in [0.4, 0.5) is 4.39 Å². The number of nitriles is 1. The minimum absolute atomic E-state index is 0.0759. The number of carbonyl (C=O) groups is 2. The highest BCUT2D eigenvalue weighted by Gasteiger charge is 2.22. The van der Waals surface area contributed by atoms with Crippen molar-refractivity contribution in [3.63, 3.8) is 0 Å². The van der Waals surface area contributed by atoms with E-state index >= 15 is 0 Å². The van der Waals surface area contributed by atoms with E-state index < -0.39 is 17.9 Å². The van der Waals surface area contributed by atoms with Crippen molar-refractivity contribution in [1.82, 2.24) is 10.6 Å². The summed E-state index contributed by atoms with van der Waals surface area (Å²) in [7, 11) is 0. The van der Waals surface area contributed by atoms with Gasteiger partial charge in [0.15, 0.2) is 0 Å². The number of nitrogens with one attached hydrogen (secondary N) is 2. The van der Waals surface area contributed by atoms with Gasteiger partial charge in [0.25, 0.3) is 5.91 Å². The SMILES string of the molecule is CC(C)CC(NC(=O)/C(C#N)=C\NCc1cccc(F)c1)C(=O)O. The number of nitrogens with zero attached hydrogens (tertiary/aromatic N) is 1. The van der Waals surface area contributed by atoms with Crippen molar-refractivity contribution in [2.24, 2.45) is 5.92 Å². The molecule has 0 saturated heterocycles. The predicted octanol–water partition coefficient (Wildman–Crippen LogP) is 1.94. The summed E-state index contributed by atoms with van der Waals surface area (Å²) in [6, 6.07) is 6.55. The van der Waals surface area contributed by atoms with Crippen molar-refractivity contribution in [3.8, 4) is 6.07 Å². The van der Waals surface area contributed by atoms with Crippen LogP contribution in [0.3, 0.4) is 0 Å². The normalized spacial score (nSPS) is 12.4. The summed E-state index contributed by atoms with van der Waals surface area (Å²) in [6.07, 6.45) is 1.45. The lowest BCUT2D eigenvalue weighted by Crippen LogP contribution is -2.42. The topological polar surface area (TPSA) is 102 Å². The highest BCUT2D eigenvalue weighted by molar-refractivity contribution is 5.99. The Balaban J connectivity index is 2.68. The number of rotatable bonds is 8. The highest BCUT2D eigenvalue weighted by atomic mass is 19.1. The van der Waals surface area contributed by atoms with Crippen LogP contribution in [0.1, 0.15) is 25.8 Å². The first-order valence-electron chi connectivity index (χ1n) is 7.45. The van der Waals surface area contributed by atoms with Gasteiger partial charge in [-0.15, -0.1) is 0 Å². The first kappa shape index (κ1) is 19.2. The summed E-state index contributed by atoms with van der Waals surface area (Å²) in [5.74, 6) is -2.22. The zero-order valence-corrected chi connectivity index (χ0v) is 13.5. The summed E-state index contributed by atoms with van der Waals surface area (Å²) in [6.45, 7) is 3.90. The van der Waals surface area contributed by atoms with E-state index in [0.717, 1.165) is 0 Å². The van der Waals surface area contributed by atoms with Crippen LogP contribution in [0.15, 0.2) is 36.0 Å². The van der Waals surface area contributed by atoms with E-state index in [1.807, 2.05) is 13.8 Å². The molecule has 0 spiro atoms. The molecule has 1 aromatic carbocycles. The van der Waals surface area contributed by atoms with Gasteiger partial charge >= 0.3 is 5.97 Å². The van der Waals surface area contributed by atoms with Crippen LogP contribution in [0.2, 0.25) is 0 Å². The van der Waals surface area contributed by atoms with Gasteiger partial charge in [-0.2, -0.15) is 5.26 Å². The molecule has 1 aromatic rings. The lowest BCUT2D eigenvalue weighted by atomic mass is 10.0. The summed E-state index contributed by atoms with van der Waals surface area (Å²) >= 11 is 0. The molecule has 0 aromatic heterocycles. The minimum Gasteiger partial charge on any atom is -0.480 e. The van der Waals surface area contributed by atoms with E-state index in [0.29, 0.717) is 5.56 Å². The van der Waals surface area contributed by atoms with Crippen molar-refractivity contribution < 1.29 is 19.1 Å². The first-order chi connectivity index (χ1) is 11.3. The smallest absolute Gasteiger partial charge is 0.326 e. The van der Waals surface area contributed by atoms with Crippen molar-refractivity contribution in [3.05, 3.63) is 47.4 Å². The third-order valence-electron chi connectivity index (χ3n) is 3.12. The molecular weight excluding hydrogens is 313 g/mol. The number of amides is 1. The van der Waals surface area contributed by atoms with Gasteiger partial charge in [0.1, 0.15) is 23.5 Å². The molecule has 0 saturated carbocycles. The van der Waals surface area contributed by atoms with Crippen LogP contribution in [-0.4, -0.2) is 23.0 Å². The van der Waals surface area contributed by atoms with Gasteiger partial charge in [-0.05, 0) is 30.0 Å². The predicted molar refractivity (Wildman–Crippen MR) is 86.0 cm³/mol. The molecule has 3 N–H and O–H groups in total. The maximum Gasteiger partial charge on any atom is 0.326 e. The second kappa shape index (κ2) is 9.30. The Labute approximate surface area is 140 Å². The monoisotopic (exact) mass is 333 g/mol. The average Bonchev–Trinajstić information content (AvgIpc) is 2.50. The molecule has 6 nitrogen and oxygen atoms in total. The molecule has 7 heteroatoms. The lowest BCUT2D eigenvalue weighted by molar-refractivity contribution is -0.141. The fourth-order valence-electron chi connectivity index (χ4n) is 2.00. The maximum atomic E-state index is 13.1. The minimum atomic E-state index is -1.15. The lowest BCUT2D eigenvalue weighted by Gasteiger charge is -2.16. The summed E-state index contributed by atoms with van der Waals surface area (Å²) in [4.78, 5) is 23.1. The molecule has 1 rings (SSSR count). The first-order valence-corrected chi connectivity index (χ1v) is 7.45. The molecule has 0 bridgehead atoms. The number of hydrogen-bond donors (Lipinski definition) is 3. The van der Waals surface area contributed by atoms with Crippen molar-refractivity contribution in [2.45, 2.75) is 32.9 Å². The molecule has 0 aliphatic carbocycles. The van der Waals surface area contributed by atoms with Crippen LogP contribution >= 0.6 is 0 Å². The quantitative estimate of drug-likeness (QED) is 0.498. The number of carboxylic acids is 1. The Morgan fingerprint density at radius 2 is 2.12 bits per heavy atom. The van der Waals surface area contributed by atoms with E-state index in [-0.39, 0.29) is 30.3 Å². The second-order valence-electron chi connectivity index (χ2n) is 5.67. The molecule has 0 aliphatic heterocycles. The second-order valence-corrected chi connectivity index (χ2v) is 5.67. The zero-order chi connectivity index (χ0) is 18.1.